The van der Waals surface area contributed by atoms with Gasteiger partial charge in [0.15, 0.2) is 0 Å². The first-order valence-electron chi connectivity index (χ1n) is 6.08. The molecule has 5 nitrogen and oxygen atoms in total. The summed E-state index contributed by atoms with van der Waals surface area (Å²) in [5.41, 5.74) is -0.0662. The van der Waals surface area contributed by atoms with Gasteiger partial charge in [0, 0.05) is 32.2 Å². The van der Waals surface area contributed by atoms with Crippen LogP contribution in [0.3, 0.4) is 0 Å². The molecule has 0 atom stereocenters. The zero-order valence-electron chi connectivity index (χ0n) is 11.3. The van der Waals surface area contributed by atoms with Crippen molar-refractivity contribution in [1.29, 1.82) is 0 Å². The van der Waals surface area contributed by atoms with Gasteiger partial charge in [-0.05, 0) is 0 Å². The van der Waals surface area contributed by atoms with Crippen molar-refractivity contribution in [3.05, 3.63) is 0 Å². The van der Waals surface area contributed by atoms with E-state index in [1.54, 1.807) is 7.11 Å². The Bertz CT molecular complexity index is 165. The average molecular weight is 249 g/mol. The molecule has 0 saturated carbocycles. The number of aliphatic hydroxyl groups is 1. The predicted octanol–water partition coefficient (Wildman–Crippen LogP) is 0.274. The van der Waals surface area contributed by atoms with Crippen molar-refractivity contribution in [1.82, 2.24) is 5.32 Å². The third kappa shape index (κ3) is 12.1. The van der Waals surface area contributed by atoms with Crippen LogP contribution in [0.1, 0.15) is 13.8 Å². The summed E-state index contributed by atoms with van der Waals surface area (Å²) >= 11 is 0. The van der Waals surface area contributed by atoms with Gasteiger partial charge in [-0.15, -0.1) is 0 Å². The highest BCUT2D eigenvalue weighted by atomic mass is 16.5. The minimum Gasteiger partial charge on any atom is -0.396 e. The van der Waals surface area contributed by atoms with Crippen LogP contribution in [-0.2, 0) is 14.2 Å². The van der Waals surface area contributed by atoms with Crippen molar-refractivity contribution in [3.63, 3.8) is 0 Å². The summed E-state index contributed by atoms with van der Waals surface area (Å²) < 4.78 is 15.5. The SMILES string of the molecule is COCCOCCOCCNCC(C)(C)CO. The third-order valence-corrected chi connectivity index (χ3v) is 2.26. The Morgan fingerprint density at radius 2 is 1.59 bits per heavy atom. The van der Waals surface area contributed by atoms with Gasteiger partial charge in [0.2, 0.25) is 0 Å². The number of rotatable bonds is 12. The lowest BCUT2D eigenvalue weighted by Gasteiger charge is -2.21. The second-order valence-electron chi connectivity index (χ2n) is 4.72. The molecule has 0 heterocycles. The van der Waals surface area contributed by atoms with E-state index in [9.17, 15) is 0 Å². The fourth-order valence-corrected chi connectivity index (χ4v) is 1.09. The highest BCUT2D eigenvalue weighted by molar-refractivity contribution is 4.69. The van der Waals surface area contributed by atoms with Crippen molar-refractivity contribution in [2.45, 2.75) is 13.8 Å². The van der Waals surface area contributed by atoms with Gasteiger partial charge in [-0.2, -0.15) is 0 Å². The van der Waals surface area contributed by atoms with Crippen LogP contribution >= 0.6 is 0 Å². The topological polar surface area (TPSA) is 60.0 Å². The summed E-state index contributed by atoms with van der Waals surface area (Å²) in [6, 6.07) is 0. The highest BCUT2D eigenvalue weighted by Crippen LogP contribution is 2.10. The monoisotopic (exact) mass is 249 g/mol. The molecule has 0 radical (unpaired) electrons. The molecule has 17 heavy (non-hydrogen) atoms. The van der Waals surface area contributed by atoms with E-state index in [4.69, 9.17) is 19.3 Å². The van der Waals surface area contributed by atoms with Crippen LogP contribution in [0, 0.1) is 5.41 Å². The molecule has 0 aliphatic carbocycles. The predicted molar refractivity (Wildman–Crippen MR) is 67.3 cm³/mol. The highest BCUT2D eigenvalue weighted by Gasteiger charge is 2.14. The molecule has 0 aliphatic heterocycles. The molecule has 0 spiro atoms. The van der Waals surface area contributed by atoms with Crippen LogP contribution in [0.5, 0.6) is 0 Å². The van der Waals surface area contributed by atoms with E-state index in [1.807, 2.05) is 13.8 Å². The number of methoxy groups -OCH3 is 1. The summed E-state index contributed by atoms with van der Waals surface area (Å²) in [7, 11) is 1.65. The van der Waals surface area contributed by atoms with Crippen LogP contribution in [0.15, 0.2) is 0 Å². The molecular weight excluding hydrogens is 222 g/mol. The van der Waals surface area contributed by atoms with Crippen molar-refractivity contribution >= 4 is 0 Å². The minimum absolute atomic E-state index is 0.0662. The molecular formula is C12H27NO4. The lowest BCUT2D eigenvalue weighted by Crippen LogP contribution is -2.34. The van der Waals surface area contributed by atoms with Crippen molar-refractivity contribution in [2.24, 2.45) is 5.41 Å². The van der Waals surface area contributed by atoms with Gasteiger partial charge in [-0.1, -0.05) is 13.8 Å². The molecule has 0 aliphatic rings. The quantitative estimate of drug-likeness (QED) is 0.486. The van der Waals surface area contributed by atoms with Gasteiger partial charge in [-0.25, -0.2) is 0 Å². The number of hydrogen-bond donors (Lipinski definition) is 2. The molecule has 0 aromatic carbocycles. The molecule has 0 rings (SSSR count). The number of ether oxygens (including phenoxy) is 3. The fraction of sp³-hybridized carbons (Fsp3) is 1.00. The second-order valence-corrected chi connectivity index (χ2v) is 4.72. The summed E-state index contributed by atoms with van der Waals surface area (Å²) in [6.45, 7) is 8.91. The molecule has 0 aromatic rings. The van der Waals surface area contributed by atoms with Crippen molar-refractivity contribution < 1.29 is 19.3 Å². The molecule has 2 N–H and O–H groups in total. The first-order valence-corrected chi connectivity index (χ1v) is 6.08. The first-order chi connectivity index (χ1) is 8.12. The molecule has 0 unspecified atom stereocenters. The van der Waals surface area contributed by atoms with Gasteiger partial charge in [-0.3, -0.25) is 0 Å². The number of hydrogen-bond acceptors (Lipinski definition) is 5. The van der Waals surface area contributed by atoms with E-state index in [0.29, 0.717) is 33.0 Å². The van der Waals surface area contributed by atoms with E-state index >= 15 is 0 Å². The van der Waals surface area contributed by atoms with E-state index in [0.717, 1.165) is 13.1 Å². The van der Waals surface area contributed by atoms with E-state index in [2.05, 4.69) is 5.32 Å². The molecule has 0 bridgehead atoms. The van der Waals surface area contributed by atoms with E-state index in [1.165, 1.54) is 0 Å². The average Bonchev–Trinajstić information content (AvgIpc) is 2.31. The Kier molecular flexibility index (Phi) is 10.8. The van der Waals surface area contributed by atoms with Crippen LogP contribution in [0.2, 0.25) is 0 Å². The Balaban J connectivity index is 3.09. The molecule has 0 fully saturated rings. The number of aliphatic hydroxyl groups excluding tert-OH is 1. The van der Waals surface area contributed by atoms with Crippen LogP contribution in [0.4, 0.5) is 0 Å². The fourth-order valence-electron chi connectivity index (χ4n) is 1.09. The Morgan fingerprint density at radius 1 is 1.00 bits per heavy atom. The maximum Gasteiger partial charge on any atom is 0.0701 e. The van der Waals surface area contributed by atoms with Gasteiger partial charge in [0.25, 0.3) is 0 Å². The van der Waals surface area contributed by atoms with Crippen LogP contribution in [0.25, 0.3) is 0 Å². The molecule has 0 saturated heterocycles. The summed E-state index contributed by atoms with van der Waals surface area (Å²) in [6.07, 6.45) is 0. The van der Waals surface area contributed by atoms with Gasteiger partial charge in [0.05, 0.1) is 33.0 Å². The number of nitrogens with one attached hydrogen (secondary N) is 1. The Hall–Kier alpha value is -0.200. The lowest BCUT2D eigenvalue weighted by molar-refractivity contribution is 0.0250. The summed E-state index contributed by atoms with van der Waals surface area (Å²) in [5.74, 6) is 0. The van der Waals surface area contributed by atoms with Crippen molar-refractivity contribution in [2.75, 3.05) is 59.8 Å². The smallest absolute Gasteiger partial charge is 0.0701 e. The normalized spacial score (nSPS) is 12.0. The van der Waals surface area contributed by atoms with E-state index in [-0.39, 0.29) is 12.0 Å². The maximum atomic E-state index is 9.04. The van der Waals surface area contributed by atoms with Gasteiger partial charge < -0.3 is 24.6 Å². The molecule has 5 heteroatoms. The maximum absolute atomic E-state index is 9.04. The lowest BCUT2D eigenvalue weighted by atomic mass is 9.95. The molecule has 0 aromatic heterocycles. The Morgan fingerprint density at radius 3 is 2.18 bits per heavy atom. The van der Waals surface area contributed by atoms with Crippen molar-refractivity contribution in [3.8, 4) is 0 Å². The molecule has 104 valence electrons. The zero-order chi connectivity index (χ0) is 13.0. The summed E-state index contributed by atoms with van der Waals surface area (Å²) in [4.78, 5) is 0. The van der Waals surface area contributed by atoms with E-state index < -0.39 is 0 Å². The zero-order valence-corrected chi connectivity index (χ0v) is 11.3. The van der Waals surface area contributed by atoms with Gasteiger partial charge in [0.1, 0.15) is 0 Å². The standard InChI is InChI=1S/C12H27NO4/c1-12(2,11-14)10-13-4-5-16-8-9-17-7-6-15-3/h13-14H,4-11H2,1-3H3. The summed E-state index contributed by atoms with van der Waals surface area (Å²) in [5, 5.41) is 12.3. The Labute approximate surface area is 104 Å². The molecule has 0 amide bonds. The minimum atomic E-state index is -0.0662. The van der Waals surface area contributed by atoms with Crippen LogP contribution < -0.4 is 5.32 Å². The van der Waals surface area contributed by atoms with Crippen LogP contribution in [-0.4, -0.2) is 64.9 Å². The van der Waals surface area contributed by atoms with Gasteiger partial charge >= 0.3 is 0 Å². The third-order valence-electron chi connectivity index (χ3n) is 2.26. The largest absolute Gasteiger partial charge is 0.396 e. The first kappa shape index (κ1) is 16.8. The second kappa shape index (κ2) is 10.9.